The van der Waals surface area contributed by atoms with Crippen LogP contribution in [-0.4, -0.2) is 35.9 Å². The number of methoxy groups -OCH3 is 1. The van der Waals surface area contributed by atoms with Gasteiger partial charge in [-0.1, -0.05) is 0 Å². The van der Waals surface area contributed by atoms with Gasteiger partial charge in [-0.25, -0.2) is 0 Å². The average Bonchev–Trinajstić information content (AvgIpc) is 2.07. The van der Waals surface area contributed by atoms with Crippen LogP contribution in [0, 0.1) is 0 Å². The Kier molecular flexibility index (Phi) is 3.69. The Balaban J connectivity index is 2.42. The summed E-state index contributed by atoms with van der Waals surface area (Å²) in [6.45, 7) is 0.249. The summed E-state index contributed by atoms with van der Waals surface area (Å²) in [6, 6.07) is 0. The lowest BCUT2D eigenvalue weighted by Gasteiger charge is -2.35. The maximum atomic E-state index is 8.83. The summed E-state index contributed by atoms with van der Waals surface area (Å²) in [5.41, 5.74) is 0.000000000000000222. The highest BCUT2D eigenvalue weighted by atomic mass is 32.2. The first-order valence-electron chi connectivity index (χ1n) is 4.07. The monoisotopic (exact) mass is 176 g/mol. The van der Waals surface area contributed by atoms with Crippen LogP contribution in [0.5, 0.6) is 0 Å². The topological polar surface area (TPSA) is 29.5 Å². The molecule has 1 saturated heterocycles. The number of rotatable bonds is 3. The molecular formula is C8H16O2S. The van der Waals surface area contributed by atoms with Crippen molar-refractivity contribution in [3.63, 3.8) is 0 Å². The molecule has 0 radical (unpaired) electrons. The smallest absolute Gasteiger partial charge is 0.0716 e. The lowest BCUT2D eigenvalue weighted by molar-refractivity contribution is -0.0342. The Labute approximate surface area is 72.3 Å². The van der Waals surface area contributed by atoms with Crippen molar-refractivity contribution < 1.29 is 9.84 Å². The second kappa shape index (κ2) is 4.33. The Morgan fingerprint density at radius 2 is 2.09 bits per heavy atom. The van der Waals surface area contributed by atoms with E-state index < -0.39 is 0 Å². The summed E-state index contributed by atoms with van der Waals surface area (Å²) in [7, 11) is 1.76. The highest BCUT2D eigenvalue weighted by molar-refractivity contribution is 7.99. The summed E-state index contributed by atoms with van der Waals surface area (Å²) in [5.74, 6) is 2.35. The van der Waals surface area contributed by atoms with Crippen LogP contribution in [0.25, 0.3) is 0 Å². The number of aliphatic hydroxyl groups is 1. The van der Waals surface area contributed by atoms with Crippen molar-refractivity contribution in [2.75, 3.05) is 25.2 Å². The van der Waals surface area contributed by atoms with Crippen molar-refractivity contribution in [1.29, 1.82) is 0 Å². The third kappa shape index (κ3) is 2.36. The summed E-state index contributed by atoms with van der Waals surface area (Å²) < 4.78 is 5.45. The van der Waals surface area contributed by atoms with Gasteiger partial charge in [-0.3, -0.25) is 0 Å². The molecule has 0 spiro atoms. The molecule has 1 N–H and O–H groups in total. The van der Waals surface area contributed by atoms with E-state index in [1.165, 1.54) is 11.5 Å². The summed E-state index contributed by atoms with van der Waals surface area (Å²) in [5, 5.41) is 8.83. The van der Waals surface area contributed by atoms with E-state index in [1.54, 1.807) is 7.11 Å². The van der Waals surface area contributed by atoms with Crippen molar-refractivity contribution in [2.45, 2.75) is 24.9 Å². The van der Waals surface area contributed by atoms with Gasteiger partial charge in [0.05, 0.1) is 5.60 Å². The van der Waals surface area contributed by atoms with Gasteiger partial charge in [0.2, 0.25) is 0 Å². The molecule has 1 heterocycles. The SMILES string of the molecule is COC1(CCO)CCSCC1. The molecule has 0 atom stereocenters. The standard InChI is InChI=1S/C8H16O2S/c1-10-8(2-5-9)3-6-11-7-4-8/h9H,2-7H2,1H3. The molecule has 0 aromatic carbocycles. The molecule has 66 valence electrons. The van der Waals surface area contributed by atoms with Gasteiger partial charge in [0, 0.05) is 13.7 Å². The largest absolute Gasteiger partial charge is 0.396 e. The average molecular weight is 176 g/mol. The molecule has 2 nitrogen and oxygen atoms in total. The lowest BCUT2D eigenvalue weighted by Crippen LogP contribution is -2.36. The summed E-state index contributed by atoms with van der Waals surface area (Å²) in [4.78, 5) is 0. The fourth-order valence-electron chi connectivity index (χ4n) is 1.50. The molecule has 1 aliphatic heterocycles. The highest BCUT2D eigenvalue weighted by Gasteiger charge is 2.31. The molecule has 11 heavy (non-hydrogen) atoms. The Bertz CT molecular complexity index is 105. The quantitative estimate of drug-likeness (QED) is 0.702. The van der Waals surface area contributed by atoms with Gasteiger partial charge in [-0.05, 0) is 30.8 Å². The predicted octanol–water partition coefficient (Wildman–Crippen LogP) is 1.28. The molecule has 1 aliphatic rings. The third-order valence-corrected chi connectivity index (χ3v) is 3.39. The number of hydrogen-bond acceptors (Lipinski definition) is 3. The van der Waals surface area contributed by atoms with Crippen molar-refractivity contribution in [1.82, 2.24) is 0 Å². The molecular weight excluding hydrogens is 160 g/mol. The van der Waals surface area contributed by atoms with E-state index in [1.807, 2.05) is 11.8 Å². The van der Waals surface area contributed by atoms with Crippen molar-refractivity contribution in [3.05, 3.63) is 0 Å². The fourth-order valence-corrected chi connectivity index (χ4v) is 2.74. The van der Waals surface area contributed by atoms with Crippen molar-refractivity contribution >= 4 is 11.8 Å². The van der Waals surface area contributed by atoms with Crippen LogP contribution in [0.4, 0.5) is 0 Å². The van der Waals surface area contributed by atoms with Gasteiger partial charge < -0.3 is 9.84 Å². The van der Waals surface area contributed by atoms with Gasteiger partial charge in [0.15, 0.2) is 0 Å². The minimum absolute atomic E-state index is 0.000000000000000222. The number of thioether (sulfide) groups is 1. The number of hydrogen-bond donors (Lipinski definition) is 1. The first-order valence-corrected chi connectivity index (χ1v) is 5.22. The minimum Gasteiger partial charge on any atom is -0.396 e. The van der Waals surface area contributed by atoms with E-state index in [2.05, 4.69) is 0 Å². The van der Waals surface area contributed by atoms with Crippen LogP contribution in [0.1, 0.15) is 19.3 Å². The van der Waals surface area contributed by atoms with Crippen molar-refractivity contribution in [3.8, 4) is 0 Å². The molecule has 0 amide bonds. The summed E-state index contributed by atoms with van der Waals surface area (Å²) in [6.07, 6.45) is 2.98. The minimum atomic E-state index is 0.000000000000000222. The zero-order valence-electron chi connectivity index (χ0n) is 7.01. The van der Waals surface area contributed by atoms with Gasteiger partial charge >= 0.3 is 0 Å². The van der Waals surface area contributed by atoms with Gasteiger partial charge in [0.25, 0.3) is 0 Å². The van der Waals surface area contributed by atoms with E-state index in [-0.39, 0.29) is 12.2 Å². The fraction of sp³-hybridized carbons (Fsp3) is 1.00. The molecule has 3 heteroatoms. The normalized spacial score (nSPS) is 23.5. The zero-order valence-corrected chi connectivity index (χ0v) is 7.82. The van der Waals surface area contributed by atoms with E-state index in [9.17, 15) is 0 Å². The number of ether oxygens (including phenoxy) is 1. The Morgan fingerprint density at radius 1 is 1.45 bits per heavy atom. The van der Waals surface area contributed by atoms with Crippen LogP contribution in [-0.2, 0) is 4.74 Å². The molecule has 1 fully saturated rings. The maximum absolute atomic E-state index is 8.83. The Morgan fingerprint density at radius 3 is 2.55 bits per heavy atom. The molecule has 0 bridgehead atoms. The first kappa shape index (κ1) is 9.36. The van der Waals surface area contributed by atoms with Crippen molar-refractivity contribution in [2.24, 2.45) is 0 Å². The molecule has 0 aromatic heterocycles. The Hall–Kier alpha value is 0.270. The predicted molar refractivity (Wildman–Crippen MR) is 48.0 cm³/mol. The molecule has 1 rings (SSSR count). The molecule has 0 saturated carbocycles. The highest BCUT2D eigenvalue weighted by Crippen LogP contribution is 2.32. The van der Waals surface area contributed by atoms with Crippen LogP contribution in [0.15, 0.2) is 0 Å². The van der Waals surface area contributed by atoms with Gasteiger partial charge in [-0.2, -0.15) is 11.8 Å². The summed E-state index contributed by atoms with van der Waals surface area (Å²) >= 11 is 1.98. The van der Waals surface area contributed by atoms with E-state index >= 15 is 0 Å². The second-order valence-electron chi connectivity index (χ2n) is 2.97. The van der Waals surface area contributed by atoms with Gasteiger partial charge in [0.1, 0.15) is 0 Å². The number of aliphatic hydroxyl groups excluding tert-OH is 1. The van der Waals surface area contributed by atoms with E-state index in [0.29, 0.717) is 0 Å². The first-order chi connectivity index (χ1) is 5.33. The lowest BCUT2D eigenvalue weighted by atomic mass is 9.93. The third-order valence-electron chi connectivity index (χ3n) is 2.40. The van der Waals surface area contributed by atoms with Gasteiger partial charge in [-0.15, -0.1) is 0 Å². The van der Waals surface area contributed by atoms with Crippen LogP contribution in [0.2, 0.25) is 0 Å². The van der Waals surface area contributed by atoms with Crippen LogP contribution >= 0.6 is 11.8 Å². The second-order valence-corrected chi connectivity index (χ2v) is 4.20. The maximum Gasteiger partial charge on any atom is 0.0716 e. The van der Waals surface area contributed by atoms with E-state index in [4.69, 9.17) is 9.84 Å². The molecule has 0 unspecified atom stereocenters. The molecule has 0 aromatic rings. The molecule has 0 aliphatic carbocycles. The van der Waals surface area contributed by atoms with Crippen LogP contribution in [0.3, 0.4) is 0 Å². The van der Waals surface area contributed by atoms with Crippen LogP contribution < -0.4 is 0 Å². The zero-order chi connectivity index (χ0) is 8.16. The van der Waals surface area contributed by atoms with E-state index in [0.717, 1.165) is 19.3 Å².